The number of amides is 1. The van der Waals surface area contributed by atoms with Gasteiger partial charge in [-0.05, 0) is 61.4 Å². The summed E-state index contributed by atoms with van der Waals surface area (Å²) in [5.74, 6) is -1.08. The number of hydrogen-bond donors (Lipinski definition) is 1. The van der Waals surface area contributed by atoms with Crippen LogP contribution in [0.5, 0.6) is 11.5 Å². The third-order valence-corrected chi connectivity index (χ3v) is 5.91. The maximum atomic E-state index is 13.3. The molecule has 1 aromatic heterocycles. The van der Waals surface area contributed by atoms with E-state index < -0.39 is 17.7 Å². The zero-order valence-electron chi connectivity index (χ0n) is 18.8. The van der Waals surface area contributed by atoms with Gasteiger partial charge >= 0.3 is 0 Å². The second-order valence-corrected chi connectivity index (χ2v) is 7.71. The Labute approximate surface area is 191 Å². The molecule has 1 aliphatic rings. The summed E-state index contributed by atoms with van der Waals surface area (Å²) in [5.41, 5.74) is 3.07. The van der Waals surface area contributed by atoms with Crippen LogP contribution in [0, 0.1) is 13.8 Å². The average molecular weight is 444 g/mol. The molecule has 33 heavy (non-hydrogen) atoms. The third kappa shape index (κ3) is 3.71. The summed E-state index contributed by atoms with van der Waals surface area (Å²) in [6.07, 6.45) is 1.59. The summed E-state index contributed by atoms with van der Waals surface area (Å²) in [6.45, 7) is 3.83. The monoisotopic (exact) mass is 444 g/mol. The van der Waals surface area contributed by atoms with Crippen molar-refractivity contribution >= 4 is 23.1 Å². The van der Waals surface area contributed by atoms with E-state index in [0.29, 0.717) is 22.9 Å². The zero-order chi connectivity index (χ0) is 23.7. The van der Waals surface area contributed by atoms with Crippen LogP contribution < -0.4 is 14.4 Å². The summed E-state index contributed by atoms with van der Waals surface area (Å²) in [6, 6.07) is 14.8. The molecule has 168 valence electrons. The number of nitrogens with zero attached hydrogens (tertiary/aromatic N) is 2. The number of aliphatic hydroxyl groups excluding tert-OH is 1. The zero-order valence-corrected chi connectivity index (χ0v) is 18.8. The molecule has 0 spiro atoms. The highest BCUT2D eigenvalue weighted by molar-refractivity contribution is 6.51. The molecule has 0 aliphatic carbocycles. The first-order chi connectivity index (χ1) is 15.9. The fourth-order valence-corrected chi connectivity index (χ4v) is 4.04. The molecule has 1 aliphatic heterocycles. The van der Waals surface area contributed by atoms with Crippen molar-refractivity contribution in [1.29, 1.82) is 0 Å². The normalized spacial score (nSPS) is 17.3. The molecular weight excluding hydrogens is 420 g/mol. The lowest BCUT2D eigenvalue weighted by Crippen LogP contribution is -2.30. The molecule has 7 nitrogen and oxygen atoms in total. The van der Waals surface area contributed by atoms with Crippen LogP contribution in [0.25, 0.3) is 5.76 Å². The number of pyridine rings is 1. The Hall–Kier alpha value is -4.13. The highest BCUT2D eigenvalue weighted by Crippen LogP contribution is 2.44. The second-order valence-electron chi connectivity index (χ2n) is 7.71. The van der Waals surface area contributed by atoms with Gasteiger partial charge in [0.05, 0.1) is 31.1 Å². The van der Waals surface area contributed by atoms with Crippen LogP contribution in [0.3, 0.4) is 0 Å². The average Bonchev–Trinajstić information content (AvgIpc) is 3.10. The number of ether oxygens (including phenoxy) is 2. The Morgan fingerprint density at radius 3 is 2.45 bits per heavy atom. The first kappa shape index (κ1) is 22.1. The third-order valence-electron chi connectivity index (χ3n) is 5.91. The lowest BCUT2D eigenvalue weighted by molar-refractivity contribution is -0.132. The van der Waals surface area contributed by atoms with Gasteiger partial charge in [-0.15, -0.1) is 0 Å². The van der Waals surface area contributed by atoms with E-state index in [9.17, 15) is 14.7 Å². The van der Waals surface area contributed by atoms with Gasteiger partial charge in [-0.3, -0.25) is 19.5 Å². The molecule has 1 saturated heterocycles. The SMILES string of the molecule is COc1ccc(OC)c(/C(O)=C2\C(=O)C(=O)N(c3cccc(C)c3C)C2c2ccccn2)c1. The molecule has 1 unspecified atom stereocenters. The van der Waals surface area contributed by atoms with Gasteiger partial charge in [0.25, 0.3) is 11.7 Å². The van der Waals surface area contributed by atoms with Gasteiger partial charge < -0.3 is 14.6 Å². The summed E-state index contributed by atoms with van der Waals surface area (Å²) in [4.78, 5) is 32.5. The minimum atomic E-state index is -0.914. The van der Waals surface area contributed by atoms with Crippen LogP contribution >= 0.6 is 0 Å². The molecule has 7 heteroatoms. The molecule has 0 bridgehead atoms. The maximum absolute atomic E-state index is 13.3. The van der Waals surface area contributed by atoms with Gasteiger partial charge in [0.2, 0.25) is 0 Å². The molecule has 4 rings (SSSR count). The van der Waals surface area contributed by atoms with Crippen molar-refractivity contribution in [1.82, 2.24) is 4.98 Å². The van der Waals surface area contributed by atoms with E-state index in [4.69, 9.17) is 9.47 Å². The lowest BCUT2D eigenvalue weighted by atomic mass is 9.97. The van der Waals surface area contributed by atoms with E-state index in [1.165, 1.54) is 19.1 Å². The van der Waals surface area contributed by atoms with Crippen LogP contribution in [-0.2, 0) is 9.59 Å². The van der Waals surface area contributed by atoms with E-state index in [1.54, 1.807) is 48.7 Å². The van der Waals surface area contributed by atoms with Gasteiger partial charge in [-0.25, -0.2) is 0 Å². The number of hydrogen-bond acceptors (Lipinski definition) is 6. The minimum Gasteiger partial charge on any atom is -0.507 e. The maximum Gasteiger partial charge on any atom is 0.300 e. The van der Waals surface area contributed by atoms with Gasteiger partial charge in [0.1, 0.15) is 23.3 Å². The molecule has 1 atom stereocenters. The van der Waals surface area contributed by atoms with Gasteiger partial charge in [-0.1, -0.05) is 18.2 Å². The van der Waals surface area contributed by atoms with Crippen molar-refractivity contribution in [2.45, 2.75) is 19.9 Å². The highest BCUT2D eigenvalue weighted by Gasteiger charge is 2.48. The predicted octanol–water partition coefficient (Wildman–Crippen LogP) is 4.34. The Bertz CT molecular complexity index is 1270. The van der Waals surface area contributed by atoms with Crippen molar-refractivity contribution < 1.29 is 24.2 Å². The number of carbonyl (C=O) groups excluding carboxylic acids is 2. The van der Waals surface area contributed by atoms with Gasteiger partial charge in [0, 0.05) is 11.9 Å². The summed E-state index contributed by atoms with van der Waals surface area (Å²) in [5, 5.41) is 11.4. The number of aryl methyl sites for hydroxylation is 1. The van der Waals surface area contributed by atoms with E-state index in [-0.39, 0.29) is 16.9 Å². The fraction of sp³-hybridized carbons (Fsp3) is 0.192. The Kier molecular flexibility index (Phi) is 5.87. The number of rotatable bonds is 5. The van der Waals surface area contributed by atoms with Crippen LogP contribution in [0.2, 0.25) is 0 Å². The molecule has 1 amide bonds. The highest BCUT2D eigenvalue weighted by atomic mass is 16.5. The molecule has 3 aromatic rings. The Morgan fingerprint density at radius 2 is 1.79 bits per heavy atom. The summed E-state index contributed by atoms with van der Waals surface area (Å²) in [7, 11) is 2.96. The van der Waals surface area contributed by atoms with Crippen LogP contribution in [0.1, 0.15) is 28.4 Å². The van der Waals surface area contributed by atoms with Gasteiger partial charge in [0.15, 0.2) is 0 Å². The molecule has 0 saturated carbocycles. The van der Waals surface area contributed by atoms with Crippen molar-refractivity contribution in [2.75, 3.05) is 19.1 Å². The minimum absolute atomic E-state index is 0.0637. The molecule has 1 fully saturated rings. The fourth-order valence-electron chi connectivity index (χ4n) is 4.04. The first-order valence-electron chi connectivity index (χ1n) is 10.4. The Morgan fingerprint density at radius 1 is 1.00 bits per heavy atom. The number of methoxy groups -OCH3 is 2. The summed E-state index contributed by atoms with van der Waals surface area (Å²) < 4.78 is 10.7. The molecular formula is C26H24N2O5. The number of aromatic nitrogens is 1. The number of benzene rings is 2. The van der Waals surface area contributed by atoms with Crippen molar-refractivity contribution in [2.24, 2.45) is 0 Å². The summed E-state index contributed by atoms with van der Waals surface area (Å²) >= 11 is 0. The largest absolute Gasteiger partial charge is 0.507 e. The molecule has 0 radical (unpaired) electrons. The number of ketones is 1. The first-order valence-corrected chi connectivity index (χ1v) is 10.4. The van der Waals surface area contributed by atoms with Crippen molar-refractivity contribution in [3.05, 3.63) is 88.8 Å². The second kappa shape index (κ2) is 8.78. The molecule has 2 heterocycles. The molecule has 1 N–H and O–H groups in total. The van der Waals surface area contributed by atoms with Crippen LogP contribution in [0.15, 0.2) is 66.4 Å². The topological polar surface area (TPSA) is 89.0 Å². The van der Waals surface area contributed by atoms with E-state index in [1.807, 2.05) is 26.0 Å². The van der Waals surface area contributed by atoms with Crippen molar-refractivity contribution in [3.63, 3.8) is 0 Å². The number of aliphatic hydroxyl groups is 1. The quantitative estimate of drug-likeness (QED) is 0.358. The number of anilines is 1. The van der Waals surface area contributed by atoms with E-state index in [0.717, 1.165) is 11.1 Å². The lowest BCUT2D eigenvalue weighted by Gasteiger charge is -2.26. The Balaban J connectivity index is 2.01. The predicted molar refractivity (Wildman–Crippen MR) is 124 cm³/mol. The van der Waals surface area contributed by atoms with Crippen LogP contribution in [0.4, 0.5) is 5.69 Å². The van der Waals surface area contributed by atoms with Gasteiger partial charge in [-0.2, -0.15) is 0 Å². The molecule has 2 aromatic carbocycles. The van der Waals surface area contributed by atoms with E-state index in [2.05, 4.69) is 4.98 Å². The standard InChI is InChI=1S/C26H24N2O5/c1-15-8-7-10-20(16(15)2)28-23(19-9-5-6-13-27-19)22(25(30)26(28)31)24(29)18-14-17(32-3)11-12-21(18)33-4/h5-14,23,29H,1-4H3/b24-22+. The van der Waals surface area contributed by atoms with Crippen LogP contribution in [-0.4, -0.2) is 36.0 Å². The smallest absolute Gasteiger partial charge is 0.300 e. The number of Topliss-reactive ketones (excluding diaryl/α,β-unsaturated/α-hetero) is 1. The number of carbonyl (C=O) groups is 2. The van der Waals surface area contributed by atoms with E-state index >= 15 is 0 Å². The van der Waals surface area contributed by atoms with Crippen molar-refractivity contribution in [3.8, 4) is 11.5 Å².